The predicted octanol–water partition coefficient (Wildman–Crippen LogP) is 15.3. The van der Waals surface area contributed by atoms with E-state index in [0.717, 1.165) is 55.5 Å². The topological polar surface area (TPSA) is 153 Å². The van der Waals surface area contributed by atoms with Crippen molar-refractivity contribution in [2.24, 2.45) is 29.6 Å². The first kappa shape index (κ1) is 77.2. The van der Waals surface area contributed by atoms with Gasteiger partial charge in [-0.25, -0.2) is 35.1 Å². The van der Waals surface area contributed by atoms with Gasteiger partial charge in [0, 0.05) is 52.8 Å². The van der Waals surface area contributed by atoms with Crippen LogP contribution in [0.1, 0.15) is 184 Å². The van der Waals surface area contributed by atoms with Crippen LogP contribution in [0.3, 0.4) is 0 Å². The van der Waals surface area contributed by atoms with Gasteiger partial charge in [0.25, 0.3) is 0 Å². The van der Waals surface area contributed by atoms with Gasteiger partial charge in [0.2, 0.25) is 23.6 Å². The maximum Gasteiger partial charge on any atom is 0.249 e. The van der Waals surface area contributed by atoms with Crippen LogP contribution in [0.25, 0.3) is 0 Å². The Hall–Kier alpha value is -6.22. The first-order chi connectivity index (χ1) is 42.1. The van der Waals surface area contributed by atoms with E-state index in [4.69, 9.17) is 18.9 Å². The molecule has 0 heterocycles. The molecule has 7 rings (SSSR count). The standard InChI is InChI=1S/3C18H25F2NO2.C17H23F2NO2/c2*1-11-5-13(11)8-16(17(22)21-18(2,3)4)23-10-12-6-14(19)9-15(20)7-12;1-18(2,3)21-17(22)16(9-12-5-4-6-12)23-11-13-7-14(19)10-15(20)8-13;1-11(2)6-15(16(21)20-17(3,4)5)22-10-12-7-13(18)9-14(19)8-12/h2*6-7,9,11,13,16H,5,8,10H2,1-4H3,(H,21,22);7-8,10,12,16H,4-6,9,11H2,1-3H3,(H,21,22);7-9,15H,1,6,10H2,2-5H3,(H,20,21). The molecule has 4 aromatic carbocycles. The third-order valence-corrected chi connectivity index (χ3v) is 14.5. The molecule has 0 aromatic heterocycles. The van der Waals surface area contributed by atoms with Gasteiger partial charge in [-0.05, 0) is 222 Å². The second-order valence-corrected chi connectivity index (χ2v) is 28.9. The largest absolute Gasteiger partial charge is 0.364 e. The molecule has 3 aliphatic carbocycles. The number of amides is 4. The number of hydrogen-bond acceptors (Lipinski definition) is 8. The number of hydrogen-bond donors (Lipinski definition) is 4. The van der Waals surface area contributed by atoms with Crippen molar-refractivity contribution in [3.8, 4) is 0 Å². The van der Waals surface area contributed by atoms with Gasteiger partial charge in [0.1, 0.15) is 71.0 Å². The number of rotatable bonds is 24. The van der Waals surface area contributed by atoms with Crippen molar-refractivity contribution in [1.82, 2.24) is 21.3 Å². The van der Waals surface area contributed by atoms with Crippen molar-refractivity contribution in [2.45, 2.75) is 235 Å². The molecule has 8 unspecified atom stereocenters. The van der Waals surface area contributed by atoms with Gasteiger partial charge in [-0.2, -0.15) is 0 Å². The first-order valence-electron chi connectivity index (χ1n) is 31.3. The van der Waals surface area contributed by atoms with Gasteiger partial charge in [-0.15, -0.1) is 6.58 Å². The van der Waals surface area contributed by atoms with E-state index in [1.54, 1.807) is 6.92 Å². The lowest BCUT2D eigenvalue weighted by Gasteiger charge is -2.31. The molecular weight excluding hydrogens is 1190 g/mol. The van der Waals surface area contributed by atoms with E-state index in [1.807, 2.05) is 83.1 Å². The molecule has 0 saturated heterocycles. The van der Waals surface area contributed by atoms with Crippen LogP contribution in [-0.2, 0) is 64.6 Å². The molecule has 91 heavy (non-hydrogen) atoms. The van der Waals surface area contributed by atoms with Crippen LogP contribution >= 0.6 is 0 Å². The van der Waals surface area contributed by atoms with E-state index in [9.17, 15) is 54.3 Å². The zero-order valence-corrected chi connectivity index (χ0v) is 55.8. The summed E-state index contributed by atoms with van der Waals surface area (Å²) >= 11 is 0. The summed E-state index contributed by atoms with van der Waals surface area (Å²) in [7, 11) is 0. The summed E-state index contributed by atoms with van der Waals surface area (Å²) in [6.07, 6.45) is 5.33. The molecule has 4 amide bonds. The Balaban J connectivity index is 0.000000259. The highest BCUT2D eigenvalue weighted by atomic mass is 19.2. The Labute approximate surface area is 534 Å². The molecule has 4 aromatic rings. The van der Waals surface area contributed by atoms with Crippen molar-refractivity contribution in [1.29, 1.82) is 0 Å². The first-order valence-corrected chi connectivity index (χ1v) is 31.3. The maximum absolute atomic E-state index is 13.2. The van der Waals surface area contributed by atoms with E-state index >= 15 is 0 Å². The van der Waals surface area contributed by atoms with Crippen molar-refractivity contribution >= 4 is 23.6 Å². The number of halogens is 8. The average molecular weight is 1290 g/mol. The summed E-state index contributed by atoms with van der Waals surface area (Å²) < 4.78 is 128. The lowest BCUT2D eigenvalue weighted by molar-refractivity contribution is -0.137. The number of carbonyl (C=O) groups excluding carboxylic acids is 4. The van der Waals surface area contributed by atoms with Gasteiger partial charge in [0.05, 0.1) is 26.4 Å². The van der Waals surface area contributed by atoms with Gasteiger partial charge in [-0.3, -0.25) is 19.2 Å². The molecule has 3 aliphatic rings. The summed E-state index contributed by atoms with van der Waals surface area (Å²) in [6.45, 7) is 32.6. The Morgan fingerprint density at radius 2 is 0.637 bits per heavy atom. The van der Waals surface area contributed by atoms with Gasteiger partial charge < -0.3 is 40.2 Å². The number of carbonyl (C=O) groups is 4. The maximum atomic E-state index is 13.2. The smallest absolute Gasteiger partial charge is 0.249 e. The van der Waals surface area contributed by atoms with Crippen LogP contribution in [0.15, 0.2) is 84.9 Å². The van der Waals surface area contributed by atoms with Crippen molar-refractivity contribution in [3.05, 3.63) is 154 Å². The fraction of sp³-hybridized carbons (Fsp3) is 0.577. The van der Waals surface area contributed by atoms with E-state index in [2.05, 4.69) is 41.7 Å². The zero-order valence-electron chi connectivity index (χ0n) is 55.8. The highest BCUT2D eigenvalue weighted by Gasteiger charge is 2.39. The van der Waals surface area contributed by atoms with E-state index in [-0.39, 0.29) is 66.7 Å². The highest BCUT2D eigenvalue weighted by molar-refractivity contribution is 5.83. The lowest BCUT2D eigenvalue weighted by atomic mass is 9.81. The normalized spacial score (nSPS) is 18.4. The van der Waals surface area contributed by atoms with Crippen LogP contribution in [0, 0.1) is 76.1 Å². The summed E-state index contributed by atoms with van der Waals surface area (Å²) in [6, 6.07) is 13.0. The van der Waals surface area contributed by atoms with E-state index in [0.29, 0.717) is 77.5 Å². The molecule has 0 radical (unpaired) electrons. The number of benzene rings is 4. The quantitative estimate of drug-likeness (QED) is 0.0400. The minimum absolute atomic E-state index is 0.0119. The average Bonchev–Trinajstić information content (AvgIpc) is 1.80. The van der Waals surface area contributed by atoms with Crippen LogP contribution < -0.4 is 21.3 Å². The second-order valence-electron chi connectivity index (χ2n) is 28.9. The SMILES string of the molecule is C=C(C)CC(OCc1cc(F)cc(F)c1)C(=O)NC(C)(C)C.CC(C)(C)NC(=O)C(CC1CCC1)OCc1cc(F)cc(F)c1.CC1CC1CC(OCc1cc(F)cc(F)c1)C(=O)NC(C)(C)C.CC1CC1CC(OCc1cc(F)cc(F)c1)C(=O)NC(C)(C)C. The summed E-state index contributed by atoms with van der Waals surface area (Å²) in [5.74, 6) is -3.31. The lowest BCUT2D eigenvalue weighted by Crippen LogP contribution is -2.47. The van der Waals surface area contributed by atoms with Crippen LogP contribution in [0.4, 0.5) is 35.1 Å². The van der Waals surface area contributed by atoms with Crippen molar-refractivity contribution in [2.75, 3.05) is 0 Å². The Morgan fingerprint density at radius 1 is 0.418 bits per heavy atom. The highest BCUT2D eigenvalue weighted by Crippen LogP contribution is 2.43. The molecule has 0 aliphatic heterocycles. The molecule has 3 fully saturated rings. The number of ether oxygens (including phenoxy) is 4. The molecule has 0 bridgehead atoms. The van der Waals surface area contributed by atoms with E-state index < -0.39 is 76.5 Å². The third-order valence-electron chi connectivity index (χ3n) is 14.5. The van der Waals surface area contributed by atoms with Crippen molar-refractivity contribution < 1.29 is 73.2 Å². The minimum Gasteiger partial charge on any atom is -0.364 e. The molecule has 3 saturated carbocycles. The molecule has 0 spiro atoms. The molecule has 12 nitrogen and oxygen atoms in total. The van der Waals surface area contributed by atoms with Crippen LogP contribution in [-0.4, -0.2) is 70.2 Å². The van der Waals surface area contributed by atoms with Crippen LogP contribution in [0.5, 0.6) is 0 Å². The predicted molar refractivity (Wildman–Crippen MR) is 336 cm³/mol. The Morgan fingerprint density at radius 3 is 0.835 bits per heavy atom. The van der Waals surface area contributed by atoms with Gasteiger partial charge in [0.15, 0.2) is 0 Å². The van der Waals surface area contributed by atoms with Crippen molar-refractivity contribution in [3.63, 3.8) is 0 Å². The summed E-state index contributed by atoms with van der Waals surface area (Å²) in [5.41, 5.74) is 0.872. The zero-order chi connectivity index (χ0) is 68.3. The molecule has 8 atom stereocenters. The van der Waals surface area contributed by atoms with Gasteiger partial charge >= 0.3 is 0 Å². The van der Waals surface area contributed by atoms with E-state index in [1.165, 1.54) is 55.0 Å². The number of nitrogens with one attached hydrogen (secondary N) is 4. The second kappa shape index (κ2) is 34.6. The molecule has 506 valence electrons. The fourth-order valence-electron chi connectivity index (χ4n) is 9.70. The molecule has 20 heteroatoms. The van der Waals surface area contributed by atoms with Gasteiger partial charge in [-0.1, -0.05) is 38.7 Å². The molecule has 4 N–H and O–H groups in total. The third kappa shape index (κ3) is 32.3. The Kier molecular flexibility index (Phi) is 29.4. The summed E-state index contributed by atoms with van der Waals surface area (Å²) in [4.78, 5) is 49.4. The fourth-order valence-corrected chi connectivity index (χ4v) is 9.70. The summed E-state index contributed by atoms with van der Waals surface area (Å²) in [5, 5.41) is 11.6. The Bertz CT molecular complexity index is 2730. The minimum atomic E-state index is -0.747. The molecular formula is C71H98F8N4O8. The monoisotopic (exact) mass is 1290 g/mol. The van der Waals surface area contributed by atoms with Crippen LogP contribution in [0.2, 0.25) is 0 Å².